The van der Waals surface area contributed by atoms with Gasteiger partial charge in [0.25, 0.3) is 0 Å². The molecule has 3 aromatic rings. The fraction of sp³-hybridized carbons (Fsp3) is 0.208. The SMILES string of the molecule is C#CCOc1cc(Br)c([C@H]2CC(=O)Nc3ccc4ccccc4c32)cc1OCC. The van der Waals surface area contributed by atoms with Gasteiger partial charge in [-0.2, -0.15) is 0 Å². The van der Waals surface area contributed by atoms with Crippen molar-refractivity contribution >= 4 is 38.3 Å². The molecule has 1 aliphatic heterocycles. The Morgan fingerprint density at radius 2 is 1.97 bits per heavy atom. The molecule has 0 fully saturated rings. The average molecular weight is 450 g/mol. The highest BCUT2D eigenvalue weighted by molar-refractivity contribution is 9.10. The Kier molecular flexibility index (Phi) is 5.46. The summed E-state index contributed by atoms with van der Waals surface area (Å²) in [6.07, 6.45) is 5.69. The Balaban J connectivity index is 1.89. The molecule has 3 aromatic carbocycles. The van der Waals surface area contributed by atoms with E-state index in [-0.39, 0.29) is 18.4 Å². The van der Waals surface area contributed by atoms with Crippen LogP contribution in [0.25, 0.3) is 10.8 Å². The maximum absolute atomic E-state index is 12.5. The van der Waals surface area contributed by atoms with Gasteiger partial charge in [0.1, 0.15) is 6.61 Å². The van der Waals surface area contributed by atoms with Gasteiger partial charge < -0.3 is 14.8 Å². The summed E-state index contributed by atoms with van der Waals surface area (Å²) in [4.78, 5) is 12.5. The molecule has 1 N–H and O–H groups in total. The number of anilines is 1. The number of carbonyl (C=O) groups excluding carboxylic acids is 1. The molecule has 0 saturated heterocycles. The summed E-state index contributed by atoms with van der Waals surface area (Å²) in [7, 11) is 0. The molecular formula is C24H20BrNO3. The molecule has 5 heteroatoms. The molecule has 29 heavy (non-hydrogen) atoms. The third-order valence-corrected chi connectivity index (χ3v) is 5.72. The third kappa shape index (κ3) is 3.68. The Hall–Kier alpha value is -2.97. The van der Waals surface area contributed by atoms with Crippen molar-refractivity contribution in [3.05, 3.63) is 64.1 Å². The smallest absolute Gasteiger partial charge is 0.225 e. The van der Waals surface area contributed by atoms with E-state index in [1.807, 2.05) is 43.3 Å². The van der Waals surface area contributed by atoms with E-state index in [0.29, 0.717) is 24.5 Å². The summed E-state index contributed by atoms with van der Waals surface area (Å²) in [5, 5.41) is 5.29. The first kappa shape index (κ1) is 19.4. The van der Waals surface area contributed by atoms with E-state index in [0.717, 1.165) is 32.1 Å². The standard InChI is InChI=1S/C24H20BrNO3/c1-3-11-29-22-14-19(25)17(12-21(22)28-4-2)18-13-23(27)26-20-10-9-15-7-5-6-8-16(15)24(18)20/h1,5-10,12,14,18H,4,11,13H2,2H3,(H,26,27)/t18-/m1/s1. The van der Waals surface area contributed by atoms with Gasteiger partial charge in [0.05, 0.1) is 6.61 Å². The largest absolute Gasteiger partial charge is 0.490 e. The summed E-state index contributed by atoms with van der Waals surface area (Å²) in [6, 6.07) is 16.1. The van der Waals surface area contributed by atoms with E-state index in [9.17, 15) is 4.79 Å². The number of carbonyl (C=O) groups is 1. The normalized spacial score (nSPS) is 15.3. The number of hydrogen-bond acceptors (Lipinski definition) is 3. The predicted molar refractivity (Wildman–Crippen MR) is 119 cm³/mol. The number of ether oxygens (including phenoxy) is 2. The molecule has 0 unspecified atom stereocenters. The van der Waals surface area contributed by atoms with E-state index >= 15 is 0 Å². The topological polar surface area (TPSA) is 47.6 Å². The van der Waals surface area contributed by atoms with E-state index in [4.69, 9.17) is 15.9 Å². The third-order valence-electron chi connectivity index (χ3n) is 5.03. The minimum absolute atomic E-state index is 0.00435. The Labute approximate surface area is 178 Å². The monoisotopic (exact) mass is 449 g/mol. The molecule has 146 valence electrons. The van der Waals surface area contributed by atoms with E-state index in [2.05, 4.69) is 39.3 Å². The van der Waals surface area contributed by atoms with Crippen LogP contribution in [0.2, 0.25) is 0 Å². The highest BCUT2D eigenvalue weighted by atomic mass is 79.9. The lowest BCUT2D eigenvalue weighted by atomic mass is 9.82. The fourth-order valence-electron chi connectivity index (χ4n) is 3.85. The van der Waals surface area contributed by atoms with Gasteiger partial charge in [-0.1, -0.05) is 52.2 Å². The summed E-state index contributed by atoms with van der Waals surface area (Å²) < 4.78 is 12.3. The van der Waals surface area contributed by atoms with Crippen LogP contribution in [0.4, 0.5) is 5.69 Å². The van der Waals surface area contributed by atoms with Crippen LogP contribution in [0.1, 0.15) is 30.4 Å². The summed E-state index contributed by atoms with van der Waals surface area (Å²) in [6.45, 7) is 2.58. The molecule has 0 aromatic heterocycles. The summed E-state index contributed by atoms with van der Waals surface area (Å²) >= 11 is 3.68. The molecule has 1 heterocycles. The van der Waals surface area contributed by atoms with Crippen molar-refractivity contribution in [2.75, 3.05) is 18.5 Å². The Morgan fingerprint density at radius 3 is 2.76 bits per heavy atom. The second-order valence-corrected chi connectivity index (χ2v) is 7.65. The van der Waals surface area contributed by atoms with E-state index < -0.39 is 0 Å². The zero-order valence-corrected chi connectivity index (χ0v) is 17.6. The van der Waals surface area contributed by atoms with Gasteiger partial charge in [0.15, 0.2) is 11.5 Å². The zero-order chi connectivity index (χ0) is 20.4. The molecule has 1 atom stereocenters. The maximum Gasteiger partial charge on any atom is 0.225 e. The Bertz CT molecular complexity index is 1130. The van der Waals surface area contributed by atoms with Crippen molar-refractivity contribution in [1.82, 2.24) is 0 Å². The van der Waals surface area contributed by atoms with Crippen LogP contribution < -0.4 is 14.8 Å². The first-order valence-electron chi connectivity index (χ1n) is 9.46. The van der Waals surface area contributed by atoms with Gasteiger partial charge in [0.2, 0.25) is 5.91 Å². The van der Waals surface area contributed by atoms with Crippen LogP contribution in [-0.2, 0) is 4.79 Å². The van der Waals surface area contributed by atoms with Gasteiger partial charge in [-0.15, -0.1) is 6.42 Å². The maximum atomic E-state index is 12.5. The quantitative estimate of drug-likeness (QED) is 0.524. The molecule has 4 rings (SSSR count). The molecule has 1 amide bonds. The number of fused-ring (bicyclic) bond motifs is 3. The molecule has 0 spiro atoms. The van der Waals surface area contributed by atoms with Crippen molar-refractivity contribution in [3.8, 4) is 23.8 Å². The summed E-state index contributed by atoms with van der Waals surface area (Å²) in [5.74, 6) is 3.56. The van der Waals surface area contributed by atoms with Crippen LogP contribution in [0.15, 0.2) is 53.0 Å². The zero-order valence-electron chi connectivity index (χ0n) is 16.0. The van der Waals surface area contributed by atoms with Gasteiger partial charge in [0, 0.05) is 22.5 Å². The average Bonchev–Trinajstić information content (AvgIpc) is 2.73. The molecule has 0 radical (unpaired) electrons. The number of halogens is 1. The first-order chi connectivity index (χ1) is 14.1. The minimum atomic E-state index is -0.111. The summed E-state index contributed by atoms with van der Waals surface area (Å²) in [5.41, 5.74) is 2.94. The van der Waals surface area contributed by atoms with Gasteiger partial charge in [-0.3, -0.25) is 4.79 Å². The molecular weight excluding hydrogens is 430 g/mol. The molecule has 4 nitrogen and oxygen atoms in total. The predicted octanol–water partition coefficient (Wildman–Crippen LogP) is 5.49. The van der Waals surface area contributed by atoms with Crippen LogP contribution >= 0.6 is 15.9 Å². The number of hydrogen-bond donors (Lipinski definition) is 1. The molecule has 1 aliphatic rings. The molecule has 0 bridgehead atoms. The number of rotatable bonds is 5. The molecule has 0 aliphatic carbocycles. The lowest BCUT2D eigenvalue weighted by molar-refractivity contribution is -0.116. The Morgan fingerprint density at radius 1 is 1.17 bits per heavy atom. The van der Waals surface area contributed by atoms with Crippen LogP contribution in [-0.4, -0.2) is 19.1 Å². The van der Waals surface area contributed by atoms with Crippen LogP contribution in [0.3, 0.4) is 0 Å². The number of terminal acetylenes is 1. The number of benzene rings is 3. The number of amides is 1. The van der Waals surface area contributed by atoms with Crippen molar-refractivity contribution in [2.45, 2.75) is 19.3 Å². The van der Waals surface area contributed by atoms with Crippen molar-refractivity contribution in [1.29, 1.82) is 0 Å². The second-order valence-electron chi connectivity index (χ2n) is 6.80. The first-order valence-corrected chi connectivity index (χ1v) is 10.3. The molecule has 0 saturated carbocycles. The van der Waals surface area contributed by atoms with Crippen molar-refractivity contribution in [3.63, 3.8) is 0 Å². The van der Waals surface area contributed by atoms with Gasteiger partial charge >= 0.3 is 0 Å². The minimum Gasteiger partial charge on any atom is -0.490 e. The highest BCUT2D eigenvalue weighted by Gasteiger charge is 2.30. The van der Waals surface area contributed by atoms with E-state index in [1.54, 1.807) is 0 Å². The fourth-order valence-corrected chi connectivity index (χ4v) is 4.45. The second kappa shape index (κ2) is 8.18. The van der Waals surface area contributed by atoms with Crippen LogP contribution in [0.5, 0.6) is 11.5 Å². The highest BCUT2D eigenvalue weighted by Crippen LogP contribution is 2.46. The lowest BCUT2D eigenvalue weighted by Crippen LogP contribution is -2.24. The van der Waals surface area contributed by atoms with Gasteiger partial charge in [-0.25, -0.2) is 0 Å². The number of nitrogens with one attached hydrogen (secondary N) is 1. The van der Waals surface area contributed by atoms with E-state index in [1.165, 1.54) is 0 Å². The van der Waals surface area contributed by atoms with Crippen molar-refractivity contribution < 1.29 is 14.3 Å². The van der Waals surface area contributed by atoms with Gasteiger partial charge in [-0.05, 0) is 47.0 Å². The van der Waals surface area contributed by atoms with Crippen LogP contribution in [0, 0.1) is 12.3 Å². The lowest BCUT2D eigenvalue weighted by Gasteiger charge is -2.29. The van der Waals surface area contributed by atoms with Crippen molar-refractivity contribution in [2.24, 2.45) is 0 Å².